The second kappa shape index (κ2) is 11.2. The molecule has 0 aliphatic heterocycles. The van der Waals surface area contributed by atoms with Gasteiger partial charge in [0.25, 0.3) is 0 Å². The van der Waals surface area contributed by atoms with Gasteiger partial charge in [-0.15, -0.1) is 0 Å². The van der Waals surface area contributed by atoms with Crippen LogP contribution in [0.15, 0.2) is 89.4 Å². The maximum absolute atomic E-state index is 3.50. The van der Waals surface area contributed by atoms with E-state index in [9.17, 15) is 0 Å². The van der Waals surface area contributed by atoms with E-state index in [2.05, 4.69) is 103 Å². The highest BCUT2D eigenvalue weighted by Crippen LogP contribution is 2.25. The van der Waals surface area contributed by atoms with Gasteiger partial charge < -0.3 is 0 Å². The monoisotopic (exact) mass is 446 g/mol. The predicted molar refractivity (Wildman–Crippen MR) is 133 cm³/mol. The molecule has 0 spiro atoms. The normalized spacial score (nSPS) is 11.8. The molecule has 4 rings (SSSR count). The Morgan fingerprint density at radius 2 is 1.28 bits per heavy atom. The third kappa shape index (κ3) is 5.93. The fourth-order valence-electron chi connectivity index (χ4n) is 3.91. The van der Waals surface area contributed by atoms with Crippen LogP contribution in [0.3, 0.4) is 0 Å². The van der Waals surface area contributed by atoms with Crippen molar-refractivity contribution >= 4 is 37.5 Å². The van der Waals surface area contributed by atoms with Crippen LogP contribution < -0.4 is 0 Å². The Labute approximate surface area is 184 Å². The SMILES string of the molecule is Brc1cccc2ccccc12.CCCCC(CC)Cc1cccc2ccccc12. The van der Waals surface area contributed by atoms with Crippen LogP contribution in [-0.4, -0.2) is 0 Å². The fourth-order valence-corrected chi connectivity index (χ4v) is 4.42. The van der Waals surface area contributed by atoms with Crippen LogP contribution in [0, 0.1) is 5.92 Å². The molecule has 0 radical (unpaired) electrons. The smallest absolute Gasteiger partial charge is 0.0253 e. The number of benzene rings is 4. The molecule has 29 heavy (non-hydrogen) atoms. The van der Waals surface area contributed by atoms with E-state index < -0.39 is 0 Å². The van der Waals surface area contributed by atoms with Crippen LogP contribution in [0.25, 0.3) is 21.5 Å². The highest BCUT2D eigenvalue weighted by atomic mass is 79.9. The molecular formula is C28H31Br. The van der Waals surface area contributed by atoms with Gasteiger partial charge in [-0.1, -0.05) is 134 Å². The fraction of sp³-hybridized carbons (Fsp3) is 0.286. The molecule has 0 fully saturated rings. The molecule has 4 aromatic carbocycles. The van der Waals surface area contributed by atoms with Gasteiger partial charge in [0.2, 0.25) is 0 Å². The molecule has 0 aliphatic rings. The molecule has 0 saturated heterocycles. The van der Waals surface area contributed by atoms with Crippen molar-refractivity contribution in [1.82, 2.24) is 0 Å². The summed E-state index contributed by atoms with van der Waals surface area (Å²) in [4.78, 5) is 0. The topological polar surface area (TPSA) is 0 Å². The quantitative estimate of drug-likeness (QED) is 0.276. The largest absolute Gasteiger partial charge is 0.0654 e. The Morgan fingerprint density at radius 3 is 1.93 bits per heavy atom. The van der Waals surface area contributed by atoms with Crippen molar-refractivity contribution in [3.05, 3.63) is 95.0 Å². The third-order valence-electron chi connectivity index (χ3n) is 5.67. The molecule has 0 N–H and O–H groups in total. The zero-order valence-electron chi connectivity index (χ0n) is 17.6. The first kappa shape index (κ1) is 21.6. The zero-order chi connectivity index (χ0) is 20.5. The second-order valence-electron chi connectivity index (χ2n) is 7.72. The lowest BCUT2D eigenvalue weighted by molar-refractivity contribution is 0.450. The van der Waals surface area contributed by atoms with Crippen LogP contribution in [0.2, 0.25) is 0 Å². The molecule has 0 aliphatic carbocycles. The standard InChI is InChI=1S/C18H24.C10H7Br/c1-3-5-9-15(4-2)14-17-12-8-11-16-10-6-7-13-18(16)17;11-10-7-3-5-8-4-1-2-6-9(8)10/h6-8,10-13,15H,3-5,9,14H2,1-2H3;1-7H. The number of rotatable bonds is 6. The van der Waals surface area contributed by atoms with Crippen molar-refractivity contribution in [2.75, 3.05) is 0 Å². The van der Waals surface area contributed by atoms with Gasteiger partial charge in [0, 0.05) is 4.47 Å². The Kier molecular flexibility index (Phi) is 8.31. The first-order valence-electron chi connectivity index (χ1n) is 10.8. The molecule has 0 aromatic heterocycles. The summed E-state index contributed by atoms with van der Waals surface area (Å²) >= 11 is 3.50. The molecule has 0 amide bonds. The maximum Gasteiger partial charge on any atom is 0.0253 e. The number of unbranched alkanes of at least 4 members (excludes halogenated alkanes) is 1. The van der Waals surface area contributed by atoms with E-state index in [-0.39, 0.29) is 0 Å². The number of fused-ring (bicyclic) bond motifs is 2. The first-order chi connectivity index (χ1) is 14.2. The second-order valence-corrected chi connectivity index (χ2v) is 8.57. The molecule has 1 heteroatoms. The summed E-state index contributed by atoms with van der Waals surface area (Å²) in [6.07, 6.45) is 6.58. The van der Waals surface area contributed by atoms with Crippen LogP contribution in [0.1, 0.15) is 45.1 Å². The number of halogens is 1. The van der Waals surface area contributed by atoms with Crippen LogP contribution in [-0.2, 0) is 6.42 Å². The molecule has 1 atom stereocenters. The van der Waals surface area contributed by atoms with Crippen molar-refractivity contribution in [1.29, 1.82) is 0 Å². The highest BCUT2D eigenvalue weighted by molar-refractivity contribution is 9.10. The van der Waals surface area contributed by atoms with Gasteiger partial charge in [0.15, 0.2) is 0 Å². The summed E-state index contributed by atoms with van der Waals surface area (Å²) in [5.41, 5.74) is 1.52. The van der Waals surface area contributed by atoms with Crippen LogP contribution in [0.5, 0.6) is 0 Å². The molecule has 4 aromatic rings. The molecule has 0 saturated carbocycles. The molecule has 0 heterocycles. The van der Waals surface area contributed by atoms with Crippen molar-refractivity contribution < 1.29 is 0 Å². The van der Waals surface area contributed by atoms with Crippen molar-refractivity contribution in [2.45, 2.75) is 46.0 Å². The number of hydrogen-bond donors (Lipinski definition) is 0. The van der Waals surface area contributed by atoms with Crippen molar-refractivity contribution in [2.24, 2.45) is 5.92 Å². The molecule has 0 bridgehead atoms. The van der Waals surface area contributed by atoms with E-state index in [4.69, 9.17) is 0 Å². The third-order valence-corrected chi connectivity index (χ3v) is 6.36. The Balaban J connectivity index is 0.000000186. The summed E-state index contributed by atoms with van der Waals surface area (Å²) in [6, 6.07) is 30.0. The average Bonchev–Trinajstić information content (AvgIpc) is 2.77. The minimum absolute atomic E-state index is 0.843. The van der Waals surface area contributed by atoms with E-state index in [0.717, 1.165) is 10.4 Å². The Bertz CT molecular complexity index is 1020. The lowest BCUT2D eigenvalue weighted by atomic mass is 9.90. The molecule has 150 valence electrons. The van der Waals surface area contributed by atoms with Crippen molar-refractivity contribution in [3.63, 3.8) is 0 Å². The van der Waals surface area contributed by atoms with E-state index in [1.54, 1.807) is 0 Å². The van der Waals surface area contributed by atoms with Crippen molar-refractivity contribution in [3.8, 4) is 0 Å². The van der Waals surface area contributed by atoms with E-state index in [1.165, 1.54) is 59.2 Å². The minimum atomic E-state index is 0.843. The molecule has 1 unspecified atom stereocenters. The van der Waals surface area contributed by atoms with Gasteiger partial charge in [-0.3, -0.25) is 0 Å². The summed E-state index contributed by atoms with van der Waals surface area (Å²) in [5.74, 6) is 0.843. The minimum Gasteiger partial charge on any atom is -0.0654 e. The molecular weight excluding hydrogens is 416 g/mol. The summed E-state index contributed by atoms with van der Waals surface area (Å²) in [5, 5.41) is 5.37. The highest BCUT2D eigenvalue weighted by Gasteiger charge is 2.09. The summed E-state index contributed by atoms with van der Waals surface area (Å²) in [7, 11) is 0. The maximum atomic E-state index is 3.50. The Morgan fingerprint density at radius 1 is 0.690 bits per heavy atom. The zero-order valence-corrected chi connectivity index (χ0v) is 19.2. The van der Waals surface area contributed by atoms with E-state index >= 15 is 0 Å². The predicted octanol–water partition coefficient (Wildman–Crippen LogP) is 9.20. The first-order valence-corrected chi connectivity index (χ1v) is 11.6. The van der Waals surface area contributed by atoms with Crippen LogP contribution >= 0.6 is 15.9 Å². The average molecular weight is 447 g/mol. The van der Waals surface area contributed by atoms with E-state index in [1.807, 2.05) is 12.1 Å². The van der Waals surface area contributed by atoms with E-state index in [0.29, 0.717) is 0 Å². The van der Waals surface area contributed by atoms with Gasteiger partial charge >= 0.3 is 0 Å². The van der Waals surface area contributed by atoms with Gasteiger partial charge in [-0.05, 0) is 45.5 Å². The molecule has 0 nitrogen and oxygen atoms in total. The van der Waals surface area contributed by atoms with Gasteiger partial charge in [0.05, 0.1) is 0 Å². The number of hydrogen-bond acceptors (Lipinski definition) is 0. The summed E-state index contributed by atoms with van der Waals surface area (Å²) < 4.78 is 1.16. The van der Waals surface area contributed by atoms with Gasteiger partial charge in [-0.25, -0.2) is 0 Å². The lowest BCUT2D eigenvalue weighted by Gasteiger charge is -2.16. The summed E-state index contributed by atoms with van der Waals surface area (Å²) in [6.45, 7) is 4.61. The van der Waals surface area contributed by atoms with Crippen LogP contribution in [0.4, 0.5) is 0 Å². The Hall–Kier alpha value is -2.12. The lowest BCUT2D eigenvalue weighted by Crippen LogP contribution is -2.03. The van der Waals surface area contributed by atoms with Gasteiger partial charge in [-0.2, -0.15) is 0 Å². The van der Waals surface area contributed by atoms with Gasteiger partial charge in [0.1, 0.15) is 0 Å².